The molecule has 3 rings (SSSR count). The monoisotopic (exact) mass is 280 g/mol. The number of nitrogens with zero attached hydrogens (tertiary/aromatic N) is 2. The molecular weight excluding hydrogens is 264 g/mol. The largest absolute Gasteiger partial charge is 0.333 e. The van der Waals surface area contributed by atoms with Crippen LogP contribution in [0.25, 0.3) is 10.8 Å². The average molecular weight is 280 g/mol. The minimum atomic E-state index is 0.657. The summed E-state index contributed by atoms with van der Waals surface area (Å²) in [7, 11) is 0. The Bertz CT molecular complexity index is 475. The van der Waals surface area contributed by atoms with Crippen LogP contribution in [0, 0.1) is 0 Å². The maximum Gasteiger partial charge on any atom is 0.268 e. The Hall–Kier alpha value is -0.810. The van der Waals surface area contributed by atoms with E-state index < -0.39 is 0 Å². The molecule has 0 N–H and O–H groups in total. The topological polar surface area (TPSA) is 38.9 Å². The summed E-state index contributed by atoms with van der Waals surface area (Å²) in [6.45, 7) is 0. The molecule has 18 heavy (non-hydrogen) atoms. The predicted octanol–water partition coefficient (Wildman–Crippen LogP) is 4.36. The summed E-state index contributed by atoms with van der Waals surface area (Å²) >= 11 is 3.61. The zero-order chi connectivity index (χ0) is 12.2. The van der Waals surface area contributed by atoms with Crippen LogP contribution in [0.4, 0.5) is 0 Å². The second kappa shape index (κ2) is 5.89. The zero-order valence-corrected chi connectivity index (χ0v) is 11.8. The Labute approximate surface area is 115 Å². The van der Waals surface area contributed by atoms with E-state index in [2.05, 4.69) is 10.1 Å². The van der Waals surface area contributed by atoms with Crippen molar-refractivity contribution in [1.29, 1.82) is 0 Å². The van der Waals surface area contributed by atoms with E-state index in [1.54, 1.807) is 11.3 Å². The maximum absolute atomic E-state index is 5.28. The lowest BCUT2D eigenvalue weighted by Gasteiger charge is -2.19. The van der Waals surface area contributed by atoms with Crippen LogP contribution in [-0.4, -0.2) is 15.4 Å². The predicted molar refractivity (Wildman–Crippen MR) is 75.8 cm³/mol. The van der Waals surface area contributed by atoms with Crippen LogP contribution in [0.3, 0.4) is 0 Å². The first kappa shape index (κ1) is 12.2. The highest BCUT2D eigenvalue weighted by molar-refractivity contribution is 7.99. The van der Waals surface area contributed by atoms with Gasteiger partial charge in [-0.3, -0.25) is 0 Å². The molecule has 1 aliphatic rings. The molecule has 1 aliphatic carbocycles. The Morgan fingerprint density at radius 3 is 3.00 bits per heavy atom. The zero-order valence-electron chi connectivity index (χ0n) is 10.2. The molecule has 0 atom stereocenters. The molecule has 0 saturated heterocycles. The van der Waals surface area contributed by atoms with Crippen molar-refractivity contribution < 1.29 is 4.52 Å². The van der Waals surface area contributed by atoms with Crippen molar-refractivity contribution in [2.75, 3.05) is 0 Å². The third kappa shape index (κ3) is 2.95. The molecule has 0 aliphatic heterocycles. The molecule has 5 heteroatoms. The highest BCUT2D eigenvalue weighted by atomic mass is 32.2. The second-order valence-corrected chi connectivity index (χ2v) is 6.80. The molecule has 0 amide bonds. The fourth-order valence-corrected chi connectivity index (χ4v) is 4.05. The van der Waals surface area contributed by atoms with Gasteiger partial charge in [-0.1, -0.05) is 30.5 Å². The lowest BCUT2D eigenvalue weighted by Crippen LogP contribution is -2.08. The van der Waals surface area contributed by atoms with E-state index in [1.807, 2.05) is 29.3 Å². The first-order valence-electron chi connectivity index (χ1n) is 6.40. The summed E-state index contributed by atoms with van der Waals surface area (Å²) in [4.78, 5) is 5.50. The van der Waals surface area contributed by atoms with E-state index in [1.165, 1.54) is 32.1 Å². The van der Waals surface area contributed by atoms with Crippen LogP contribution < -0.4 is 0 Å². The minimum absolute atomic E-state index is 0.657. The highest BCUT2D eigenvalue weighted by Crippen LogP contribution is 2.30. The van der Waals surface area contributed by atoms with Crippen LogP contribution in [-0.2, 0) is 5.75 Å². The summed E-state index contributed by atoms with van der Waals surface area (Å²) in [6, 6.07) is 4.01. The van der Waals surface area contributed by atoms with Gasteiger partial charge in [0.15, 0.2) is 5.82 Å². The first-order chi connectivity index (χ1) is 8.92. The fourth-order valence-electron chi connectivity index (χ4n) is 2.24. The summed E-state index contributed by atoms with van der Waals surface area (Å²) in [5.41, 5.74) is 0. The standard InChI is InChI=1S/C13H16N2OS2/c1-2-5-10(6-3-1)18-9-12-14-13(16-15-12)11-7-4-8-17-11/h4,7-8,10H,1-3,5-6,9H2. The van der Waals surface area contributed by atoms with Crippen molar-refractivity contribution in [3.05, 3.63) is 23.3 Å². The van der Waals surface area contributed by atoms with Crippen LogP contribution in [0.2, 0.25) is 0 Å². The van der Waals surface area contributed by atoms with Crippen molar-refractivity contribution >= 4 is 23.1 Å². The quantitative estimate of drug-likeness (QED) is 0.834. The molecule has 2 aromatic heterocycles. The molecule has 0 aromatic carbocycles. The van der Waals surface area contributed by atoms with E-state index in [0.29, 0.717) is 5.89 Å². The van der Waals surface area contributed by atoms with Crippen LogP contribution in [0.5, 0.6) is 0 Å². The molecule has 0 bridgehead atoms. The number of thiophene rings is 1. The number of hydrogen-bond acceptors (Lipinski definition) is 5. The normalized spacial score (nSPS) is 17.1. The van der Waals surface area contributed by atoms with Crippen molar-refractivity contribution in [2.45, 2.75) is 43.1 Å². The maximum atomic E-state index is 5.28. The van der Waals surface area contributed by atoms with Gasteiger partial charge < -0.3 is 4.52 Å². The smallest absolute Gasteiger partial charge is 0.268 e. The third-order valence-electron chi connectivity index (χ3n) is 3.20. The van der Waals surface area contributed by atoms with Crippen molar-refractivity contribution in [3.63, 3.8) is 0 Å². The molecule has 3 nitrogen and oxygen atoms in total. The molecule has 0 unspecified atom stereocenters. The van der Waals surface area contributed by atoms with Crippen molar-refractivity contribution in [3.8, 4) is 10.8 Å². The molecule has 96 valence electrons. The minimum Gasteiger partial charge on any atom is -0.333 e. The van der Waals surface area contributed by atoms with Gasteiger partial charge in [0, 0.05) is 5.25 Å². The van der Waals surface area contributed by atoms with E-state index in [-0.39, 0.29) is 0 Å². The lowest BCUT2D eigenvalue weighted by molar-refractivity contribution is 0.426. The average Bonchev–Trinajstić information content (AvgIpc) is 3.08. The molecule has 2 aromatic rings. The SMILES string of the molecule is c1csc(-c2nc(CSC3CCCCC3)no2)c1. The number of aromatic nitrogens is 2. The summed E-state index contributed by atoms with van der Waals surface area (Å²) in [6.07, 6.45) is 6.86. The number of thioether (sulfide) groups is 1. The van der Waals surface area contributed by atoms with E-state index in [9.17, 15) is 0 Å². The van der Waals surface area contributed by atoms with Gasteiger partial charge in [0.25, 0.3) is 5.89 Å². The Balaban J connectivity index is 1.57. The number of rotatable bonds is 4. The first-order valence-corrected chi connectivity index (χ1v) is 8.33. The second-order valence-electron chi connectivity index (χ2n) is 4.56. The van der Waals surface area contributed by atoms with Crippen LogP contribution in [0.15, 0.2) is 22.0 Å². The number of hydrogen-bond donors (Lipinski definition) is 0. The van der Waals surface area contributed by atoms with Gasteiger partial charge in [-0.2, -0.15) is 16.7 Å². The lowest BCUT2D eigenvalue weighted by atomic mass is 10.0. The van der Waals surface area contributed by atoms with Gasteiger partial charge >= 0.3 is 0 Å². The molecule has 2 heterocycles. The van der Waals surface area contributed by atoms with Crippen molar-refractivity contribution in [2.24, 2.45) is 0 Å². The van der Waals surface area contributed by atoms with Crippen molar-refractivity contribution in [1.82, 2.24) is 10.1 Å². The summed E-state index contributed by atoms with van der Waals surface area (Å²) in [5.74, 6) is 2.36. The summed E-state index contributed by atoms with van der Waals surface area (Å²) < 4.78 is 5.28. The summed E-state index contributed by atoms with van der Waals surface area (Å²) in [5, 5.41) is 6.87. The molecular formula is C13H16N2OS2. The van der Waals surface area contributed by atoms with Gasteiger partial charge in [0.2, 0.25) is 0 Å². The van der Waals surface area contributed by atoms with Gasteiger partial charge in [-0.25, -0.2) is 0 Å². The Kier molecular flexibility index (Phi) is 4.00. The third-order valence-corrected chi connectivity index (χ3v) is 5.43. The molecule has 1 fully saturated rings. The van der Waals surface area contributed by atoms with E-state index in [4.69, 9.17) is 4.52 Å². The highest BCUT2D eigenvalue weighted by Gasteiger charge is 2.16. The molecule has 0 spiro atoms. The van der Waals surface area contributed by atoms with Gasteiger partial charge in [0.1, 0.15) is 0 Å². The van der Waals surface area contributed by atoms with Crippen LogP contribution in [0.1, 0.15) is 37.9 Å². The Morgan fingerprint density at radius 2 is 2.22 bits per heavy atom. The molecule has 0 radical (unpaired) electrons. The van der Waals surface area contributed by atoms with Gasteiger partial charge in [-0.05, 0) is 24.3 Å². The Morgan fingerprint density at radius 1 is 1.33 bits per heavy atom. The fraction of sp³-hybridized carbons (Fsp3) is 0.538. The van der Waals surface area contributed by atoms with E-state index in [0.717, 1.165) is 21.7 Å². The van der Waals surface area contributed by atoms with Crippen LogP contribution >= 0.6 is 23.1 Å². The van der Waals surface area contributed by atoms with Gasteiger partial charge in [-0.15, -0.1) is 11.3 Å². The van der Waals surface area contributed by atoms with E-state index >= 15 is 0 Å². The van der Waals surface area contributed by atoms with Gasteiger partial charge in [0.05, 0.1) is 10.6 Å². The molecule has 1 saturated carbocycles.